The van der Waals surface area contributed by atoms with Gasteiger partial charge in [0, 0.05) is 47.0 Å². The second-order valence-corrected chi connectivity index (χ2v) is 17.2. The lowest BCUT2D eigenvalue weighted by atomic mass is 9.73. The Morgan fingerprint density at radius 3 is 2.47 bits per heavy atom. The Kier molecular flexibility index (Phi) is 13.5. The van der Waals surface area contributed by atoms with Gasteiger partial charge in [0.1, 0.15) is 36.2 Å². The number of alkyl carbamates (subject to hydrolysis) is 1. The monoisotopic (exact) mass is 830 g/mol. The van der Waals surface area contributed by atoms with Crippen LogP contribution in [-0.4, -0.2) is 118 Å². The van der Waals surface area contributed by atoms with E-state index >= 15 is 0 Å². The highest BCUT2D eigenvalue weighted by Crippen LogP contribution is 2.40. The number of carbonyl (C=O) groups excluding carboxylic acids is 4. The molecule has 324 valence electrons. The summed E-state index contributed by atoms with van der Waals surface area (Å²) in [6, 6.07) is 10.1. The SMILES string of the molecule is CC[C@H]1OC(=O)[C@H](C)C(=O)[C@H](C)[C@@H](O[C@@H]2O[C@H](C)C[C@H](N(C)C)[C@H]2O)[C@@](C)(OCC#Cc2cc(-c3ccnc4ccccc34)no2)C[C@@H](C)C(=O)[C@H](C)[C@H]2NC(=O)O[C@@]21C. The van der Waals surface area contributed by atoms with Crippen LogP contribution in [-0.2, 0) is 38.1 Å². The number of amides is 1. The fourth-order valence-electron chi connectivity index (χ4n) is 9.23. The lowest BCUT2D eigenvalue weighted by molar-refractivity contribution is -0.296. The van der Waals surface area contributed by atoms with E-state index in [-0.39, 0.29) is 43.1 Å². The van der Waals surface area contributed by atoms with Crippen molar-refractivity contribution in [2.24, 2.45) is 23.7 Å². The van der Waals surface area contributed by atoms with Gasteiger partial charge in [0.15, 0.2) is 17.7 Å². The summed E-state index contributed by atoms with van der Waals surface area (Å²) in [4.78, 5) is 61.9. The van der Waals surface area contributed by atoms with Crippen LogP contribution in [0.5, 0.6) is 0 Å². The normalized spacial score (nSPS) is 35.5. The Morgan fingerprint density at radius 2 is 1.75 bits per heavy atom. The number of ether oxygens (including phenoxy) is 5. The molecule has 1 amide bonds. The Balaban J connectivity index is 1.37. The van der Waals surface area contributed by atoms with Crippen molar-refractivity contribution in [1.29, 1.82) is 0 Å². The number of rotatable bonds is 7. The molecular weight excluding hydrogens is 773 g/mol. The van der Waals surface area contributed by atoms with Gasteiger partial charge < -0.3 is 43.5 Å². The summed E-state index contributed by atoms with van der Waals surface area (Å²) in [6.45, 7) is 13.4. The van der Waals surface area contributed by atoms with Gasteiger partial charge in [-0.05, 0) is 79.1 Å². The van der Waals surface area contributed by atoms with Gasteiger partial charge in [-0.3, -0.25) is 19.4 Å². The van der Waals surface area contributed by atoms with Crippen molar-refractivity contribution >= 4 is 34.5 Å². The van der Waals surface area contributed by atoms with Crippen LogP contribution in [0, 0.1) is 35.5 Å². The van der Waals surface area contributed by atoms with E-state index < -0.39 is 83.4 Å². The average molecular weight is 831 g/mol. The maximum absolute atomic E-state index is 14.5. The number of nitrogens with one attached hydrogen (secondary N) is 1. The fourth-order valence-corrected chi connectivity index (χ4v) is 9.23. The Bertz CT molecular complexity index is 2120. The molecule has 60 heavy (non-hydrogen) atoms. The van der Waals surface area contributed by atoms with Gasteiger partial charge in [-0.15, -0.1) is 0 Å². The van der Waals surface area contributed by atoms with Crippen molar-refractivity contribution in [3.63, 3.8) is 0 Å². The highest BCUT2D eigenvalue weighted by molar-refractivity contribution is 6.00. The lowest BCUT2D eigenvalue weighted by Gasteiger charge is -2.47. The Hall–Kier alpha value is -4.72. The van der Waals surface area contributed by atoms with Crippen molar-refractivity contribution in [3.05, 3.63) is 48.4 Å². The first-order valence-electron chi connectivity index (χ1n) is 20.7. The van der Waals surface area contributed by atoms with Crippen molar-refractivity contribution < 1.29 is 52.5 Å². The van der Waals surface area contributed by atoms with Crippen LogP contribution in [0.1, 0.15) is 80.4 Å². The molecule has 15 heteroatoms. The molecule has 0 saturated carbocycles. The summed E-state index contributed by atoms with van der Waals surface area (Å²) in [5.41, 5.74) is -0.649. The average Bonchev–Trinajstić information content (AvgIpc) is 3.82. The molecule has 3 aliphatic heterocycles. The summed E-state index contributed by atoms with van der Waals surface area (Å²) in [7, 11) is 3.71. The van der Waals surface area contributed by atoms with Crippen molar-refractivity contribution in [1.82, 2.24) is 20.4 Å². The van der Waals surface area contributed by atoms with Gasteiger partial charge in [-0.25, -0.2) is 4.79 Å². The molecular formula is C45H58N4O11. The molecule has 3 aliphatic rings. The van der Waals surface area contributed by atoms with Crippen LogP contribution < -0.4 is 5.32 Å². The van der Waals surface area contributed by atoms with E-state index in [0.29, 0.717) is 12.1 Å². The van der Waals surface area contributed by atoms with Crippen LogP contribution in [0.15, 0.2) is 47.1 Å². The van der Waals surface area contributed by atoms with Crippen molar-refractivity contribution in [2.45, 2.75) is 129 Å². The third kappa shape index (κ3) is 8.99. The van der Waals surface area contributed by atoms with Crippen molar-refractivity contribution in [2.75, 3.05) is 20.7 Å². The molecule has 0 spiro atoms. The number of cyclic esters (lactones) is 1. The van der Waals surface area contributed by atoms with Crippen LogP contribution in [0.4, 0.5) is 4.79 Å². The van der Waals surface area contributed by atoms with Gasteiger partial charge in [0.2, 0.25) is 5.76 Å². The molecule has 0 unspecified atom stereocenters. The first-order chi connectivity index (χ1) is 28.4. The molecule has 3 fully saturated rings. The number of likely N-dealkylation sites (N-methyl/N-ethyl adjacent to an activating group) is 1. The molecule has 1 aromatic carbocycles. The minimum Gasteiger partial charge on any atom is -0.458 e. The highest BCUT2D eigenvalue weighted by atomic mass is 16.7. The van der Waals surface area contributed by atoms with E-state index in [1.807, 2.05) is 56.3 Å². The maximum Gasteiger partial charge on any atom is 0.408 e. The van der Waals surface area contributed by atoms with Crippen LogP contribution in [0.3, 0.4) is 0 Å². The molecule has 0 bridgehead atoms. The minimum absolute atomic E-state index is 0.0193. The zero-order chi connectivity index (χ0) is 43.7. The summed E-state index contributed by atoms with van der Waals surface area (Å²) >= 11 is 0. The maximum atomic E-state index is 14.5. The van der Waals surface area contributed by atoms with Gasteiger partial charge in [-0.2, -0.15) is 0 Å². The van der Waals surface area contributed by atoms with E-state index in [0.717, 1.165) is 16.5 Å². The molecule has 15 nitrogen and oxygen atoms in total. The summed E-state index contributed by atoms with van der Waals surface area (Å²) in [5.74, 6) is 0.833. The van der Waals surface area contributed by atoms with E-state index in [2.05, 4.69) is 27.3 Å². The number of Topliss-reactive ketones (excluding diaryl/α,β-unsaturated/α-hetero) is 2. The number of aliphatic hydroxyl groups excluding tert-OH is 1. The number of esters is 1. The second-order valence-electron chi connectivity index (χ2n) is 17.2. The largest absolute Gasteiger partial charge is 0.458 e. The molecule has 13 atom stereocenters. The minimum atomic E-state index is -1.46. The third-order valence-electron chi connectivity index (χ3n) is 12.6. The molecule has 0 aliphatic carbocycles. The predicted octanol–water partition coefficient (Wildman–Crippen LogP) is 5.10. The van der Waals surface area contributed by atoms with Crippen LogP contribution >= 0.6 is 0 Å². The Morgan fingerprint density at radius 1 is 1.02 bits per heavy atom. The molecule has 3 saturated heterocycles. The molecule has 3 aromatic rings. The predicted molar refractivity (Wildman–Crippen MR) is 219 cm³/mol. The number of aliphatic hydroxyl groups is 1. The highest BCUT2D eigenvalue weighted by Gasteiger charge is 2.57. The second kappa shape index (κ2) is 18.1. The molecule has 0 radical (unpaired) electrons. The van der Waals surface area contributed by atoms with Crippen LogP contribution in [0.2, 0.25) is 0 Å². The zero-order valence-electron chi connectivity index (χ0n) is 36.1. The van der Waals surface area contributed by atoms with Crippen molar-refractivity contribution in [3.8, 4) is 23.1 Å². The molecule has 5 heterocycles. The van der Waals surface area contributed by atoms with E-state index in [9.17, 15) is 24.3 Å². The number of ketones is 2. The quantitative estimate of drug-likeness (QED) is 0.182. The number of para-hydroxylation sites is 1. The number of fused-ring (bicyclic) bond motifs is 2. The number of hydrogen-bond acceptors (Lipinski definition) is 14. The van der Waals surface area contributed by atoms with E-state index in [1.165, 1.54) is 6.92 Å². The summed E-state index contributed by atoms with van der Waals surface area (Å²) in [5, 5.41) is 19.5. The summed E-state index contributed by atoms with van der Waals surface area (Å²) in [6.07, 6.45) is -3.02. The summed E-state index contributed by atoms with van der Waals surface area (Å²) < 4.78 is 36.9. The topological polar surface area (TPSA) is 189 Å². The van der Waals surface area contributed by atoms with E-state index in [4.69, 9.17) is 28.2 Å². The van der Waals surface area contributed by atoms with Gasteiger partial charge >= 0.3 is 12.1 Å². The molecule has 2 N–H and O–H groups in total. The van der Waals surface area contributed by atoms with Crippen LogP contribution in [0.25, 0.3) is 22.2 Å². The van der Waals surface area contributed by atoms with E-state index in [1.54, 1.807) is 53.8 Å². The first-order valence-corrected chi connectivity index (χ1v) is 20.7. The molecule has 6 rings (SSSR count). The van der Waals surface area contributed by atoms with Gasteiger partial charge in [0.25, 0.3) is 0 Å². The smallest absolute Gasteiger partial charge is 0.408 e. The first kappa shape index (κ1) is 44.8. The Labute approximate surface area is 351 Å². The molecule has 2 aromatic heterocycles. The number of pyridine rings is 1. The van der Waals surface area contributed by atoms with Gasteiger partial charge in [0.05, 0.1) is 29.4 Å². The number of hydrogen-bond donors (Lipinski definition) is 2. The number of nitrogens with zero attached hydrogens (tertiary/aromatic N) is 3. The lowest BCUT2D eigenvalue weighted by Crippen LogP contribution is -2.60. The zero-order valence-corrected chi connectivity index (χ0v) is 36.1. The standard InChI is InChI=1S/C45H58N4O11/c1-11-35-45(8)39(47-43(54)59-45)26(4)36(50)24(2)23-44(7,55-20-14-15-29-22-33(48-60-29)31-18-19-46-32-17-13-12-16-30(31)32)40(27(5)37(51)28(6)41(53)57-35)58-42-38(52)34(49(9)10)21-25(3)56-42/h12-13,16-19,22,24-28,34-35,38-40,42,52H,11,20-21,23H2,1-10H3,(H,47,54)/t24-,25-,26+,27+,28-,34+,35-,38-,39-,40-,42+,44+,45-/m1/s1. The van der Waals surface area contributed by atoms with Gasteiger partial charge in [-0.1, -0.05) is 57.0 Å². The number of carbonyl (C=O) groups is 4. The fraction of sp³-hybridized carbons (Fsp3) is 0.600. The number of benzene rings is 1. The third-order valence-corrected chi connectivity index (χ3v) is 12.6. The number of aromatic nitrogens is 2.